The zero-order valence-electron chi connectivity index (χ0n) is 16.8. The average Bonchev–Trinajstić information content (AvgIpc) is 2.74. The first-order chi connectivity index (χ1) is 14.6. The molecule has 0 bridgehead atoms. The number of anilines is 2. The van der Waals surface area contributed by atoms with Crippen molar-refractivity contribution >= 4 is 35.1 Å². The Balaban J connectivity index is 1.70. The summed E-state index contributed by atoms with van der Waals surface area (Å²) in [5.41, 5.74) is 3.57. The van der Waals surface area contributed by atoms with Gasteiger partial charge in [0.25, 0.3) is 0 Å². The van der Waals surface area contributed by atoms with Gasteiger partial charge in [0.05, 0.1) is 5.69 Å². The van der Waals surface area contributed by atoms with E-state index in [1.165, 1.54) is 0 Å². The van der Waals surface area contributed by atoms with Gasteiger partial charge in [-0.1, -0.05) is 37.2 Å². The van der Waals surface area contributed by atoms with E-state index in [0.717, 1.165) is 54.3 Å². The SMILES string of the molecule is C=C(Nc1cc(CC)ncn1)N1CCCC=Nc2ccc(-c3cccc(Cl)c3)nc21. The molecule has 2 aromatic heterocycles. The van der Waals surface area contributed by atoms with Crippen LogP contribution in [0.1, 0.15) is 25.5 Å². The molecule has 0 saturated heterocycles. The number of pyridine rings is 1. The molecular formula is C23H23ClN6. The Hall–Kier alpha value is -3.25. The van der Waals surface area contributed by atoms with Crippen LogP contribution in [-0.2, 0) is 6.42 Å². The summed E-state index contributed by atoms with van der Waals surface area (Å²) in [6.07, 6.45) is 6.19. The lowest BCUT2D eigenvalue weighted by molar-refractivity contribution is 0.806. The van der Waals surface area contributed by atoms with Crippen LogP contribution in [0.15, 0.2) is 66.2 Å². The molecule has 0 aliphatic carbocycles. The molecule has 30 heavy (non-hydrogen) atoms. The fourth-order valence-electron chi connectivity index (χ4n) is 3.30. The van der Waals surface area contributed by atoms with Crippen molar-refractivity contribution in [3.63, 3.8) is 0 Å². The van der Waals surface area contributed by atoms with Gasteiger partial charge in [0.2, 0.25) is 0 Å². The van der Waals surface area contributed by atoms with E-state index >= 15 is 0 Å². The minimum atomic E-state index is 0.678. The minimum Gasteiger partial charge on any atom is -0.327 e. The van der Waals surface area contributed by atoms with Gasteiger partial charge in [0, 0.05) is 35.1 Å². The quantitative estimate of drug-likeness (QED) is 0.580. The molecule has 6 nitrogen and oxygen atoms in total. The van der Waals surface area contributed by atoms with Crippen molar-refractivity contribution in [2.24, 2.45) is 4.99 Å². The Morgan fingerprint density at radius 3 is 2.93 bits per heavy atom. The maximum atomic E-state index is 6.18. The molecule has 3 aromatic rings. The fraction of sp³-hybridized carbons (Fsp3) is 0.217. The molecule has 1 N–H and O–H groups in total. The monoisotopic (exact) mass is 418 g/mol. The van der Waals surface area contributed by atoms with Crippen LogP contribution in [0.5, 0.6) is 0 Å². The second kappa shape index (κ2) is 9.05. The predicted octanol–water partition coefficient (Wildman–Crippen LogP) is 5.64. The normalized spacial score (nSPS) is 13.3. The number of benzene rings is 1. The Kier molecular flexibility index (Phi) is 6.05. The van der Waals surface area contributed by atoms with Crippen molar-refractivity contribution in [3.8, 4) is 11.3 Å². The number of aliphatic imine (C=N–C) groups is 1. The number of nitrogens with zero attached hydrogens (tertiary/aromatic N) is 5. The largest absolute Gasteiger partial charge is 0.327 e. The minimum absolute atomic E-state index is 0.678. The summed E-state index contributed by atoms with van der Waals surface area (Å²) in [6, 6.07) is 13.6. The topological polar surface area (TPSA) is 66.3 Å². The van der Waals surface area contributed by atoms with Crippen molar-refractivity contribution < 1.29 is 0 Å². The lowest BCUT2D eigenvalue weighted by Gasteiger charge is -2.28. The highest BCUT2D eigenvalue weighted by molar-refractivity contribution is 6.30. The summed E-state index contributed by atoms with van der Waals surface area (Å²) in [5, 5.41) is 3.99. The Bertz CT molecular complexity index is 1090. The zero-order valence-corrected chi connectivity index (χ0v) is 17.6. The second-order valence-electron chi connectivity index (χ2n) is 6.97. The molecule has 152 valence electrons. The van der Waals surface area contributed by atoms with Crippen LogP contribution in [-0.4, -0.2) is 27.7 Å². The van der Waals surface area contributed by atoms with Crippen LogP contribution < -0.4 is 10.2 Å². The molecule has 1 aliphatic rings. The summed E-state index contributed by atoms with van der Waals surface area (Å²) in [4.78, 5) is 20.2. The van der Waals surface area contributed by atoms with Crippen molar-refractivity contribution in [3.05, 3.63) is 71.9 Å². The molecule has 4 rings (SSSR count). The summed E-state index contributed by atoms with van der Waals surface area (Å²) in [5.74, 6) is 2.17. The first-order valence-corrected chi connectivity index (χ1v) is 10.4. The van der Waals surface area contributed by atoms with E-state index in [4.69, 9.17) is 16.6 Å². The van der Waals surface area contributed by atoms with Crippen molar-refractivity contribution in [1.29, 1.82) is 0 Å². The van der Waals surface area contributed by atoms with Gasteiger partial charge in [-0.2, -0.15) is 0 Å². The fourth-order valence-corrected chi connectivity index (χ4v) is 3.49. The summed E-state index contributed by atoms with van der Waals surface area (Å²) in [7, 11) is 0. The van der Waals surface area contributed by atoms with Gasteiger partial charge in [-0.25, -0.2) is 15.0 Å². The van der Waals surface area contributed by atoms with Crippen LogP contribution in [0.3, 0.4) is 0 Å². The molecule has 1 aliphatic heterocycles. The molecule has 3 heterocycles. The van der Waals surface area contributed by atoms with E-state index < -0.39 is 0 Å². The third kappa shape index (κ3) is 4.49. The van der Waals surface area contributed by atoms with Crippen molar-refractivity contribution in [2.45, 2.75) is 26.2 Å². The molecular weight excluding hydrogens is 396 g/mol. The van der Waals surface area contributed by atoms with Gasteiger partial charge >= 0.3 is 0 Å². The van der Waals surface area contributed by atoms with Crippen LogP contribution >= 0.6 is 11.6 Å². The number of fused-ring (bicyclic) bond motifs is 1. The predicted molar refractivity (Wildman–Crippen MR) is 124 cm³/mol. The summed E-state index contributed by atoms with van der Waals surface area (Å²) in [6.45, 7) is 7.09. The van der Waals surface area contributed by atoms with Crippen LogP contribution in [0.2, 0.25) is 5.02 Å². The van der Waals surface area contributed by atoms with Gasteiger partial charge in [0.1, 0.15) is 23.7 Å². The zero-order chi connectivity index (χ0) is 20.9. The summed E-state index contributed by atoms with van der Waals surface area (Å²) < 4.78 is 0. The lowest BCUT2D eigenvalue weighted by Crippen LogP contribution is -2.29. The molecule has 0 atom stereocenters. The molecule has 0 fully saturated rings. The third-order valence-corrected chi connectivity index (χ3v) is 5.10. The number of halogens is 1. The molecule has 7 heteroatoms. The number of aromatic nitrogens is 3. The number of hydrogen-bond acceptors (Lipinski definition) is 6. The highest BCUT2D eigenvalue weighted by atomic mass is 35.5. The van der Waals surface area contributed by atoms with Crippen LogP contribution in [0.25, 0.3) is 11.3 Å². The van der Waals surface area contributed by atoms with E-state index in [1.807, 2.05) is 48.7 Å². The Morgan fingerprint density at radius 2 is 2.10 bits per heavy atom. The van der Waals surface area contributed by atoms with E-state index in [2.05, 4.69) is 38.7 Å². The lowest BCUT2D eigenvalue weighted by atomic mass is 10.1. The molecule has 0 radical (unpaired) electrons. The summed E-state index contributed by atoms with van der Waals surface area (Å²) >= 11 is 6.18. The number of rotatable bonds is 5. The maximum absolute atomic E-state index is 6.18. The number of nitrogens with one attached hydrogen (secondary N) is 1. The maximum Gasteiger partial charge on any atom is 0.160 e. The van der Waals surface area contributed by atoms with Gasteiger partial charge in [0.15, 0.2) is 5.82 Å². The van der Waals surface area contributed by atoms with Gasteiger partial charge in [-0.05, 0) is 43.5 Å². The van der Waals surface area contributed by atoms with Crippen LogP contribution in [0, 0.1) is 0 Å². The molecule has 0 saturated carbocycles. The molecule has 1 aromatic carbocycles. The van der Waals surface area contributed by atoms with E-state index in [0.29, 0.717) is 16.7 Å². The standard InChI is InChI=1S/C23H23ClN6/c1-3-19-14-22(27-15-26-19)28-16(2)30-12-5-4-11-25-21-10-9-20(29-23(21)30)17-7-6-8-18(24)13-17/h6-11,13-15H,2-5,12H2,1H3,(H,26,27,28). The van der Waals surface area contributed by atoms with Crippen molar-refractivity contribution in [2.75, 3.05) is 16.8 Å². The van der Waals surface area contributed by atoms with Crippen LogP contribution in [0.4, 0.5) is 17.3 Å². The molecule has 0 unspecified atom stereocenters. The molecule has 0 spiro atoms. The number of aryl methyl sites for hydroxylation is 1. The Labute approximate surface area is 181 Å². The Morgan fingerprint density at radius 1 is 1.20 bits per heavy atom. The van der Waals surface area contributed by atoms with E-state index in [1.54, 1.807) is 6.33 Å². The van der Waals surface area contributed by atoms with Gasteiger partial charge in [-0.3, -0.25) is 4.99 Å². The van der Waals surface area contributed by atoms with Gasteiger partial charge < -0.3 is 10.2 Å². The third-order valence-electron chi connectivity index (χ3n) is 4.86. The first-order valence-electron chi connectivity index (χ1n) is 9.98. The highest BCUT2D eigenvalue weighted by Crippen LogP contribution is 2.33. The first kappa shape index (κ1) is 20.0. The average molecular weight is 419 g/mol. The molecule has 0 amide bonds. The smallest absolute Gasteiger partial charge is 0.160 e. The number of hydrogen-bond donors (Lipinski definition) is 1. The van der Waals surface area contributed by atoms with Crippen molar-refractivity contribution in [1.82, 2.24) is 15.0 Å². The van der Waals surface area contributed by atoms with E-state index in [9.17, 15) is 0 Å². The highest BCUT2D eigenvalue weighted by Gasteiger charge is 2.19. The van der Waals surface area contributed by atoms with Gasteiger partial charge in [-0.15, -0.1) is 0 Å². The van der Waals surface area contributed by atoms with E-state index in [-0.39, 0.29) is 0 Å². The second-order valence-corrected chi connectivity index (χ2v) is 7.41.